The number of guanidine groups is 1. The Bertz CT molecular complexity index is 875. The molecule has 30 heavy (non-hydrogen) atoms. The van der Waals surface area contributed by atoms with Gasteiger partial charge in [0, 0.05) is 17.8 Å². The molecule has 0 aliphatic rings. The molecule has 0 amide bonds. The number of carbonyl (C=O) groups is 1. The third-order valence-electron chi connectivity index (χ3n) is 4.49. The second kappa shape index (κ2) is 11.5. The number of aliphatic imine (C=N–C) groups is 1. The fourth-order valence-electron chi connectivity index (χ4n) is 3.05. The van der Waals surface area contributed by atoms with E-state index in [4.69, 9.17) is 27.3 Å². The van der Waals surface area contributed by atoms with Gasteiger partial charge >= 0.3 is 5.97 Å². The highest BCUT2D eigenvalue weighted by Gasteiger charge is 2.13. The van der Waals surface area contributed by atoms with E-state index in [0.29, 0.717) is 18.7 Å². The number of aryl methyl sites for hydroxylation is 1. The molecule has 8 heteroatoms. The van der Waals surface area contributed by atoms with Gasteiger partial charge in [0.1, 0.15) is 12.4 Å². The first-order valence-electron chi connectivity index (χ1n) is 9.92. The number of unbranched alkanes of at least 4 members (excludes halogenated alkanes) is 1. The molecule has 0 aromatic heterocycles. The summed E-state index contributed by atoms with van der Waals surface area (Å²) in [6, 6.07) is 15.1. The lowest BCUT2D eigenvalue weighted by Crippen LogP contribution is -2.32. The summed E-state index contributed by atoms with van der Waals surface area (Å²) in [5.41, 5.74) is 19.8. The molecule has 0 radical (unpaired) electrons. The Balaban J connectivity index is 1.97. The number of nitrogens with zero attached hydrogens (tertiary/aromatic N) is 2. The molecule has 0 bridgehead atoms. The van der Waals surface area contributed by atoms with Crippen LogP contribution in [0.3, 0.4) is 0 Å². The van der Waals surface area contributed by atoms with Gasteiger partial charge in [-0.15, -0.1) is 0 Å². The van der Waals surface area contributed by atoms with Gasteiger partial charge in [0.2, 0.25) is 0 Å². The second-order valence-corrected chi connectivity index (χ2v) is 6.85. The fourth-order valence-corrected chi connectivity index (χ4v) is 3.05. The number of carbonyl (C=O) groups excluding carboxylic acids is 1. The first-order chi connectivity index (χ1) is 14.4. The summed E-state index contributed by atoms with van der Waals surface area (Å²) in [4.78, 5) is 18.0. The maximum absolute atomic E-state index is 12.0. The Labute approximate surface area is 177 Å². The highest BCUT2D eigenvalue weighted by Crippen LogP contribution is 2.18. The molecule has 0 saturated carbocycles. The number of rotatable bonds is 11. The number of esters is 1. The molecule has 8 nitrogen and oxygen atoms in total. The summed E-state index contributed by atoms with van der Waals surface area (Å²) in [5.74, 6) is -0.239. The molecule has 2 aromatic rings. The molecule has 0 unspecified atom stereocenters. The van der Waals surface area contributed by atoms with E-state index in [2.05, 4.69) is 4.99 Å². The Morgan fingerprint density at radius 1 is 1.10 bits per heavy atom. The predicted molar refractivity (Wildman–Crippen MR) is 121 cm³/mol. The van der Waals surface area contributed by atoms with Gasteiger partial charge in [-0.1, -0.05) is 24.3 Å². The van der Waals surface area contributed by atoms with Crippen molar-refractivity contribution in [2.24, 2.45) is 22.2 Å². The molecule has 0 saturated heterocycles. The van der Waals surface area contributed by atoms with E-state index in [1.807, 2.05) is 47.4 Å². The van der Waals surface area contributed by atoms with Crippen LogP contribution in [-0.4, -0.2) is 37.5 Å². The van der Waals surface area contributed by atoms with Gasteiger partial charge in [-0.3, -0.25) is 10.2 Å². The fraction of sp³-hybridized carbons (Fsp3) is 0.318. The molecular weight excluding hydrogens is 380 g/mol. The maximum atomic E-state index is 12.0. The van der Waals surface area contributed by atoms with Crippen molar-refractivity contribution in [2.75, 3.05) is 24.6 Å². The molecule has 0 spiro atoms. The molecule has 2 rings (SSSR count). The lowest BCUT2D eigenvalue weighted by molar-refractivity contribution is -0.141. The predicted octanol–water partition coefficient (Wildman–Crippen LogP) is 2.27. The zero-order chi connectivity index (χ0) is 21.9. The van der Waals surface area contributed by atoms with Crippen molar-refractivity contribution in [1.82, 2.24) is 0 Å². The molecule has 7 N–H and O–H groups in total. The standard InChI is InChI=1S/C22H30N6O2/c1-2-30-20(29)15-28(19-8-5-7-17(14-19)21(23)24)13-4-3-6-16-9-11-18(12-10-16)27-22(25)26/h5,7-12,14H,2-4,6,13,15H2,1H3,(H3,23,24)(H4,25,26,27). The molecule has 0 atom stereocenters. The van der Waals surface area contributed by atoms with Crippen molar-refractivity contribution in [3.63, 3.8) is 0 Å². The van der Waals surface area contributed by atoms with Gasteiger partial charge < -0.3 is 26.8 Å². The number of nitrogens with one attached hydrogen (secondary N) is 1. The monoisotopic (exact) mass is 410 g/mol. The summed E-state index contributed by atoms with van der Waals surface area (Å²) in [5, 5.41) is 7.64. The van der Waals surface area contributed by atoms with Crippen LogP contribution in [-0.2, 0) is 16.0 Å². The Kier molecular flexibility index (Phi) is 8.68. The number of anilines is 1. The van der Waals surface area contributed by atoms with Crippen LogP contribution in [0.15, 0.2) is 53.5 Å². The molecule has 2 aromatic carbocycles. The third kappa shape index (κ3) is 7.46. The second-order valence-electron chi connectivity index (χ2n) is 6.85. The van der Waals surface area contributed by atoms with E-state index in [-0.39, 0.29) is 24.3 Å². The Morgan fingerprint density at radius 2 is 1.83 bits per heavy atom. The highest BCUT2D eigenvalue weighted by molar-refractivity contribution is 5.96. The number of nitrogen functional groups attached to an aromatic ring is 1. The number of nitrogens with two attached hydrogens (primary N) is 3. The number of hydrogen-bond acceptors (Lipinski definition) is 5. The van der Waals surface area contributed by atoms with E-state index in [9.17, 15) is 4.79 Å². The molecule has 0 heterocycles. The third-order valence-corrected chi connectivity index (χ3v) is 4.49. The number of hydrogen-bond donors (Lipinski definition) is 4. The van der Waals surface area contributed by atoms with Crippen LogP contribution < -0.4 is 22.1 Å². The average molecular weight is 411 g/mol. The first-order valence-corrected chi connectivity index (χ1v) is 9.92. The minimum absolute atomic E-state index is 0.00268. The lowest BCUT2D eigenvalue weighted by atomic mass is 10.1. The van der Waals surface area contributed by atoms with Crippen LogP contribution in [0.25, 0.3) is 0 Å². The van der Waals surface area contributed by atoms with Crippen LogP contribution in [0.5, 0.6) is 0 Å². The molecule has 0 fully saturated rings. The number of amidine groups is 1. The lowest BCUT2D eigenvalue weighted by Gasteiger charge is -2.24. The van der Waals surface area contributed by atoms with Crippen molar-refractivity contribution < 1.29 is 9.53 Å². The summed E-state index contributed by atoms with van der Waals surface area (Å²) in [6.45, 7) is 2.97. The smallest absolute Gasteiger partial charge is 0.325 e. The van der Waals surface area contributed by atoms with E-state index in [0.717, 1.165) is 30.6 Å². The van der Waals surface area contributed by atoms with Gasteiger partial charge in [0.05, 0.1) is 12.3 Å². The summed E-state index contributed by atoms with van der Waals surface area (Å²) < 4.78 is 5.11. The highest BCUT2D eigenvalue weighted by atomic mass is 16.5. The van der Waals surface area contributed by atoms with Crippen LogP contribution in [0.4, 0.5) is 11.4 Å². The van der Waals surface area contributed by atoms with E-state index < -0.39 is 0 Å². The number of ether oxygens (including phenoxy) is 1. The van der Waals surface area contributed by atoms with Crippen molar-refractivity contribution >= 4 is 29.1 Å². The largest absolute Gasteiger partial charge is 0.465 e. The van der Waals surface area contributed by atoms with Gasteiger partial charge in [-0.2, -0.15) is 0 Å². The minimum atomic E-state index is -0.277. The summed E-state index contributed by atoms with van der Waals surface area (Å²) in [7, 11) is 0. The van der Waals surface area contributed by atoms with Crippen molar-refractivity contribution in [3.8, 4) is 0 Å². The first kappa shape index (κ1) is 22.7. The van der Waals surface area contributed by atoms with E-state index in [1.165, 1.54) is 5.56 Å². The van der Waals surface area contributed by atoms with E-state index in [1.54, 1.807) is 13.0 Å². The zero-order valence-corrected chi connectivity index (χ0v) is 17.3. The molecular formula is C22H30N6O2. The summed E-state index contributed by atoms with van der Waals surface area (Å²) >= 11 is 0. The molecule has 0 aliphatic carbocycles. The van der Waals surface area contributed by atoms with Gasteiger partial charge in [-0.05, 0) is 56.0 Å². The van der Waals surface area contributed by atoms with Crippen LogP contribution >= 0.6 is 0 Å². The van der Waals surface area contributed by atoms with Crippen molar-refractivity contribution in [1.29, 1.82) is 5.41 Å². The SMILES string of the molecule is CCOC(=O)CN(CCCCc1ccc(N=C(N)N)cc1)c1cccc(C(=N)N)c1. The normalized spacial score (nSPS) is 10.3. The minimum Gasteiger partial charge on any atom is -0.465 e. The van der Waals surface area contributed by atoms with Gasteiger partial charge in [0.25, 0.3) is 0 Å². The topological polar surface area (TPSA) is 144 Å². The van der Waals surface area contributed by atoms with Crippen LogP contribution in [0, 0.1) is 5.41 Å². The summed E-state index contributed by atoms with van der Waals surface area (Å²) in [6.07, 6.45) is 2.75. The van der Waals surface area contributed by atoms with Crippen molar-refractivity contribution in [3.05, 3.63) is 59.7 Å². The van der Waals surface area contributed by atoms with Crippen molar-refractivity contribution in [2.45, 2.75) is 26.2 Å². The number of benzene rings is 2. The van der Waals surface area contributed by atoms with Crippen LogP contribution in [0.1, 0.15) is 30.9 Å². The van der Waals surface area contributed by atoms with E-state index >= 15 is 0 Å². The Morgan fingerprint density at radius 3 is 2.47 bits per heavy atom. The molecule has 0 aliphatic heterocycles. The van der Waals surface area contributed by atoms with Gasteiger partial charge in [0.15, 0.2) is 5.96 Å². The average Bonchev–Trinajstić information content (AvgIpc) is 2.71. The molecule has 160 valence electrons. The Hall–Kier alpha value is -3.55. The quantitative estimate of drug-likeness (QED) is 0.194. The maximum Gasteiger partial charge on any atom is 0.325 e. The van der Waals surface area contributed by atoms with Gasteiger partial charge in [-0.25, -0.2) is 4.99 Å². The zero-order valence-electron chi connectivity index (χ0n) is 17.3. The van der Waals surface area contributed by atoms with Crippen LogP contribution in [0.2, 0.25) is 0 Å².